The van der Waals surface area contributed by atoms with Crippen LogP contribution < -0.4 is 5.73 Å². The second-order valence-electron chi connectivity index (χ2n) is 3.67. The molecule has 2 rings (SSSR count). The summed E-state index contributed by atoms with van der Waals surface area (Å²) in [5.74, 6) is 0. The van der Waals surface area contributed by atoms with E-state index in [2.05, 4.69) is 11.9 Å². The van der Waals surface area contributed by atoms with Gasteiger partial charge in [0.15, 0.2) is 0 Å². The summed E-state index contributed by atoms with van der Waals surface area (Å²) in [6.45, 7) is 2.36. The minimum atomic E-state index is 0.475. The third kappa shape index (κ3) is 0.700. The summed E-state index contributed by atoms with van der Waals surface area (Å²) in [6.07, 6.45) is 2.75. The first-order valence-corrected chi connectivity index (χ1v) is 3.67. The van der Waals surface area contributed by atoms with Crippen molar-refractivity contribution in [1.82, 2.24) is 4.90 Å². The maximum absolute atomic E-state index is 5.92. The van der Waals surface area contributed by atoms with Gasteiger partial charge in [-0.25, -0.2) is 0 Å². The summed E-state index contributed by atoms with van der Waals surface area (Å²) in [5.41, 5.74) is 6.50. The molecule has 2 fully saturated rings. The molecule has 1 heterocycles. The molecular weight excluding hydrogens is 112 g/mol. The molecule has 0 unspecified atom stereocenters. The van der Waals surface area contributed by atoms with E-state index in [0.29, 0.717) is 11.5 Å². The van der Waals surface area contributed by atoms with Crippen LogP contribution in [0.15, 0.2) is 0 Å². The molecule has 1 saturated heterocycles. The van der Waals surface area contributed by atoms with Crippen LogP contribution >= 0.6 is 0 Å². The first-order valence-electron chi connectivity index (χ1n) is 3.67. The predicted molar refractivity (Wildman–Crippen MR) is 37.1 cm³/mol. The van der Waals surface area contributed by atoms with Crippen molar-refractivity contribution in [3.8, 4) is 0 Å². The Morgan fingerprint density at radius 2 is 2.22 bits per heavy atom. The van der Waals surface area contributed by atoms with Crippen LogP contribution in [-0.4, -0.2) is 31.1 Å². The zero-order chi connectivity index (χ0) is 6.48. The van der Waals surface area contributed by atoms with Gasteiger partial charge in [0.2, 0.25) is 0 Å². The number of nitrogens with zero attached hydrogens (tertiary/aromatic N) is 1. The zero-order valence-electron chi connectivity index (χ0n) is 5.93. The van der Waals surface area contributed by atoms with E-state index in [9.17, 15) is 0 Å². The van der Waals surface area contributed by atoms with E-state index in [-0.39, 0.29) is 0 Å². The van der Waals surface area contributed by atoms with Crippen molar-refractivity contribution >= 4 is 0 Å². The zero-order valence-corrected chi connectivity index (χ0v) is 5.93. The fourth-order valence-corrected chi connectivity index (χ4v) is 1.94. The summed E-state index contributed by atoms with van der Waals surface area (Å²) < 4.78 is 0. The number of hydrogen-bond donors (Lipinski definition) is 1. The van der Waals surface area contributed by atoms with Gasteiger partial charge in [0.1, 0.15) is 0 Å². The molecule has 2 N–H and O–H groups in total. The van der Waals surface area contributed by atoms with Gasteiger partial charge in [0, 0.05) is 19.1 Å². The first-order chi connectivity index (χ1) is 4.23. The third-order valence-electron chi connectivity index (χ3n) is 2.77. The average molecular weight is 126 g/mol. The fraction of sp³-hybridized carbons (Fsp3) is 1.00. The summed E-state index contributed by atoms with van der Waals surface area (Å²) in [5, 5.41) is 0. The molecule has 1 aliphatic carbocycles. The number of rotatable bonds is 0. The first kappa shape index (κ1) is 5.69. The van der Waals surface area contributed by atoms with Gasteiger partial charge >= 0.3 is 0 Å². The molecule has 1 atom stereocenters. The second kappa shape index (κ2) is 1.50. The Bertz CT molecular complexity index is 129. The predicted octanol–water partition coefficient (Wildman–Crippen LogP) is 0.0393. The van der Waals surface area contributed by atoms with Crippen LogP contribution in [0, 0.1) is 5.41 Å². The maximum Gasteiger partial charge on any atom is 0.0237 e. The molecule has 0 aromatic carbocycles. The second-order valence-corrected chi connectivity index (χ2v) is 3.67. The highest BCUT2D eigenvalue weighted by Crippen LogP contribution is 2.51. The Morgan fingerprint density at radius 3 is 2.44 bits per heavy atom. The number of likely N-dealkylation sites (tertiary alicyclic amines) is 1. The van der Waals surface area contributed by atoms with Crippen molar-refractivity contribution in [3.05, 3.63) is 0 Å². The molecule has 0 aromatic rings. The van der Waals surface area contributed by atoms with Gasteiger partial charge in [0.05, 0.1) is 0 Å². The van der Waals surface area contributed by atoms with Crippen LogP contribution in [0.2, 0.25) is 0 Å². The lowest BCUT2D eigenvalue weighted by atomic mass is 10.0. The van der Waals surface area contributed by atoms with Crippen LogP contribution in [0.4, 0.5) is 0 Å². The Balaban J connectivity index is 2.10. The molecular formula is C7H14N2. The van der Waals surface area contributed by atoms with Gasteiger partial charge in [-0.05, 0) is 25.3 Å². The van der Waals surface area contributed by atoms with Crippen molar-refractivity contribution < 1.29 is 0 Å². The third-order valence-corrected chi connectivity index (χ3v) is 2.77. The van der Waals surface area contributed by atoms with E-state index >= 15 is 0 Å². The SMILES string of the molecule is CN1C[C@@H](N)C2(CC2)C1. The van der Waals surface area contributed by atoms with E-state index in [1.807, 2.05) is 0 Å². The Hall–Kier alpha value is -0.0800. The fourth-order valence-electron chi connectivity index (χ4n) is 1.94. The van der Waals surface area contributed by atoms with Gasteiger partial charge in [-0.15, -0.1) is 0 Å². The topological polar surface area (TPSA) is 29.3 Å². The van der Waals surface area contributed by atoms with Gasteiger partial charge in [-0.1, -0.05) is 0 Å². The molecule has 2 heteroatoms. The molecule has 1 spiro atoms. The van der Waals surface area contributed by atoms with E-state index in [0.717, 1.165) is 6.54 Å². The highest BCUT2D eigenvalue weighted by atomic mass is 15.2. The summed E-state index contributed by atoms with van der Waals surface area (Å²) >= 11 is 0. The van der Waals surface area contributed by atoms with Crippen LogP contribution in [0.25, 0.3) is 0 Å². The normalized spacial score (nSPS) is 40.0. The standard InChI is InChI=1S/C7H14N2/c1-9-4-6(8)7(5-9)2-3-7/h6H,2-5,8H2,1H3/t6-/m1/s1. The smallest absolute Gasteiger partial charge is 0.0237 e. The maximum atomic E-state index is 5.92. The van der Waals surface area contributed by atoms with Crippen LogP contribution in [0.5, 0.6) is 0 Å². The van der Waals surface area contributed by atoms with Gasteiger partial charge in [0.25, 0.3) is 0 Å². The summed E-state index contributed by atoms with van der Waals surface area (Å²) in [7, 11) is 2.16. The van der Waals surface area contributed by atoms with Gasteiger partial charge in [-0.3, -0.25) is 0 Å². The minimum absolute atomic E-state index is 0.475. The molecule has 9 heavy (non-hydrogen) atoms. The molecule has 52 valence electrons. The Kier molecular flexibility index (Phi) is 0.945. The van der Waals surface area contributed by atoms with Crippen LogP contribution in [0.3, 0.4) is 0 Å². The Morgan fingerprint density at radius 1 is 1.56 bits per heavy atom. The number of likely N-dealkylation sites (N-methyl/N-ethyl adjacent to an activating group) is 1. The lowest BCUT2D eigenvalue weighted by molar-refractivity contribution is 0.389. The van der Waals surface area contributed by atoms with Crippen LogP contribution in [-0.2, 0) is 0 Å². The summed E-state index contributed by atoms with van der Waals surface area (Å²) in [4.78, 5) is 2.34. The van der Waals surface area contributed by atoms with Crippen molar-refractivity contribution in [2.75, 3.05) is 20.1 Å². The largest absolute Gasteiger partial charge is 0.326 e. The van der Waals surface area contributed by atoms with Crippen molar-refractivity contribution in [3.63, 3.8) is 0 Å². The molecule has 0 radical (unpaired) electrons. The quantitative estimate of drug-likeness (QED) is 0.496. The van der Waals surface area contributed by atoms with E-state index in [4.69, 9.17) is 5.73 Å². The van der Waals surface area contributed by atoms with Gasteiger partial charge < -0.3 is 10.6 Å². The molecule has 0 bridgehead atoms. The van der Waals surface area contributed by atoms with Crippen molar-refractivity contribution in [2.24, 2.45) is 11.1 Å². The minimum Gasteiger partial charge on any atom is -0.326 e. The van der Waals surface area contributed by atoms with Crippen LogP contribution in [0.1, 0.15) is 12.8 Å². The Labute approximate surface area is 56.0 Å². The highest BCUT2D eigenvalue weighted by Gasteiger charge is 2.52. The summed E-state index contributed by atoms with van der Waals surface area (Å²) in [6, 6.07) is 0.475. The number of nitrogens with two attached hydrogens (primary N) is 1. The molecule has 2 aliphatic rings. The molecule has 1 aliphatic heterocycles. The van der Waals surface area contributed by atoms with Crippen molar-refractivity contribution in [2.45, 2.75) is 18.9 Å². The van der Waals surface area contributed by atoms with E-state index in [1.165, 1.54) is 19.4 Å². The van der Waals surface area contributed by atoms with E-state index in [1.54, 1.807) is 0 Å². The lowest BCUT2D eigenvalue weighted by Crippen LogP contribution is -2.30. The lowest BCUT2D eigenvalue weighted by Gasteiger charge is -2.08. The molecule has 2 nitrogen and oxygen atoms in total. The average Bonchev–Trinajstić information content (AvgIpc) is 2.42. The van der Waals surface area contributed by atoms with Crippen molar-refractivity contribution in [1.29, 1.82) is 0 Å². The molecule has 1 saturated carbocycles. The number of hydrogen-bond acceptors (Lipinski definition) is 2. The monoisotopic (exact) mass is 126 g/mol. The molecule has 0 aromatic heterocycles. The van der Waals surface area contributed by atoms with E-state index < -0.39 is 0 Å². The molecule has 0 amide bonds. The highest BCUT2D eigenvalue weighted by molar-refractivity contribution is 5.07. The van der Waals surface area contributed by atoms with Gasteiger partial charge in [-0.2, -0.15) is 0 Å².